The Morgan fingerprint density at radius 3 is 2.60 bits per heavy atom. The summed E-state index contributed by atoms with van der Waals surface area (Å²) in [4.78, 5) is 22.5. The van der Waals surface area contributed by atoms with Gasteiger partial charge in [-0.2, -0.15) is 0 Å². The maximum Gasteiger partial charge on any atom is 0.332 e. The highest BCUT2D eigenvalue weighted by atomic mass is 16.6. The lowest BCUT2D eigenvalue weighted by Gasteiger charge is -2.05. The minimum absolute atomic E-state index is 0.0240. The Balaban J connectivity index is 2.24. The van der Waals surface area contributed by atoms with Crippen molar-refractivity contribution in [3.63, 3.8) is 0 Å². The van der Waals surface area contributed by atoms with Gasteiger partial charge < -0.3 is 4.74 Å². The molecule has 1 heterocycles. The number of methoxy groups -OCH3 is 1. The summed E-state index contributed by atoms with van der Waals surface area (Å²) in [6, 6.07) is 5.03. The van der Waals surface area contributed by atoms with E-state index in [9.17, 15) is 14.9 Å². The lowest BCUT2D eigenvalue weighted by atomic mass is 10.2. The quantitative estimate of drug-likeness (QED) is 0.465. The van der Waals surface area contributed by atoms with Crippen LogP contribution >= 0.6 is 0 Å². The number of hydrogen-bond donors (Lipinski definition) is 0. The fourth-order valence-corrected chi connectivity index (χ4v) is 1.50. The van der Waals surface area contributed by atoms with Gasteiger partial charge in [0.2, 0.25) is 5.82 Å². The minimum Gasteiger partial charge on any atom is -0.467 e. The summed E-state index contributed by atoms with van der Waals surface area (Å²) in [7, 11) is 1.27. The zero-order valence-electron chi connectivity index (χ0n) is 10.8. The van der Waals surface area contributed by atoms with Gasteiger partial charge in [-0.3, -0.25) is 10.1 Å². The van der Waals surface area contributed by atoms with Crippen LogP contribution in [0.25, 0.3) is 11.4 Å². The molecule has 0 saturated carbocycles. The molecule has 0 aliphatic heterocycles. The van der Waals surface area contributed by atoms with E-state index in [1.54, 1.807) is 6.92 Å². The summed E-state index contributed by atoms with van der Waals surface area (Å²) in [5.41, 5.74) is 0.544. The molecule has 1 aromatic carbocycles. The van der Waals surface area contributed by atoms with Crippen molar-refractivity contribution in [2.45, 2.75) is 13.0 Å². The third-order valence-electron chi connectivity index (χ3n) is 2.65. The summed E-state index contributed by atoms with van der Waals surface area (Å²) in [5, 5.41) is 22.2. The van der Waals surface area contributed by atoms with Crippen LogP contribution in [0.5, 0.6) is 0 Å². The predicted molar refractivity (Wildman–Crippen MR) is 66.6 cm³/mol. The number of nitro benzene ring substituents is 1. The van der Waals surface area contributed by atoms with Crippen LogP contribution in [0.4, 0.5) is 5.69 Å². The van der Waals surface area contributed by atoms with Gasteiger partial charge in [-0.25, -0.2) is 4.79 Å². The normalized spacial score (nSPS) is 11.9. The first-order valence-corrected chi connectivity index (χ1v) is 5.65. The molecule has 20 heavy (non-hydrogen) atoms. The van der Waals surface area contributed by atoms with E-state index in [1.807, 2.05) is 0 Å². The smallest absolute Gasteiger partial charge is 0.332 e. The summed E-state index contributed by atoms with van der Waals surface area (Å²) in [5.74, 6) is -0.215. The number of rotatable bonds is 4. The molecular formula is C11H11N5O4. The fourth-order valence-electron chi connectivity index (χ4n) is 1.50. The third kappa shape index (κ3) is 2.60. The first-order chi connectivity index (χ1) is 9.52. The van der Waals surface area contributed by atoms with E-state index in [2.05, 4.69) is 20.1 Å². The van der Waals surface area contributed by atoms with Crippen molar-refractivity contribution in [1.82, 2.24) is 20.2 Å². The summed E-state index contributed by atoms with van der Waals surface area (Å²) < 4.78 is 4.58. The van der Waals surface area contributed by atoms with Crippen molar-refractivity contribution < 1.29 is 14.5 Å². The van der Waals surface area contributed by atoms with Gasteiger partial charge in [0.1, 0.15) is 0 Å². The Hall–Kier alpha value is -2.84. The number of nitrogens with zero attached hydrogens (tertiary/aromatic N) is 5. The van der Waals surface area contributed by atoms with E-state index >= 15 is 0 Å². The molecule has 1 atom stereocenters. The van der Waals surface area contributed by atoms with Gasteiger partial charge >= 0.3 is 5.97 Å². The second-order valence-electron chi connectivity index (χ2n) is 3.94. The predicted octanol–water partition coefficient (Wildman–Crippen LogP) is 0.982. The van der Waals surface area contributed by atoms with E-state index in [0.717, 1.165) is 4.80 Å². The second-order valence-corrected chi connectivity index (χ2v) is 3.94. The van der Waals surface area contributed by atoms with Crippen LogP contribution in [0.3, 0.4) is 0 Å². The zero-order valence-corrected chi connectivity index (χ0v) is 10.8. The van der Waals surface area contributed by atoms with Crippen molar-refractivity contribution in [1.29, 1.82) is 0 Å². The Morgan fingerprint density at radius 2 is 2.05 bits per heavy atom. The molecule has 0 fully saturated rings. The first-order valence-electron chi connectivity index (χ1n) is 5.65. The third-order valence-corrected chi connectivity index (χ3v) is 2.65. The molecule has 0 aliphatic carbocycles. The average molecular weight is 277 g/mol. The van der Waals surface area contributed by atoms with E-state index < -0.39 is 16.9 Å². The highest BCUT2D eigenvalue weighted by Crippen LogP contribution is 2.19. The highest BCUT2D eigenvalue weighted by molar-refractivity contribution is 5.73. The van der Waals surface area contributed by atoms with Gasteiger partial charge in [0.05, 0.1) is 12.0 Å². The highest BCUT2D eigenvalue weighted by Gasteiger charge is 2.19. The lowest BCUT2D eigenvalue weighted by Crippen LogP contribution is -2.20. The molecule has 0 saturated heterocycles. The van der Waals surface area contributed by atoms with E-state index in [-0.39, 0.29) is 11.5 Å². The maximum absolute atomic E-state index is 11.4. The van der Waals surface area contributed by atoms with Crippen LogP contribution in [-0.4, -0.2) is 38.2 Å². The molecule has 0 amide bonds. The topological polar surface area (TPSA) is 113 Å². The number of hydrogen-bond acceptors (Lipinski definition) is 7. The molecule has 0 spiro atoms. The zero-order chi connectivity index (χ0) is 14.7. The molecule has 1 aromatic heterocycles. The van der Waals surface area contributed by atoms with Crippen molar-refractivity contribution in [2.24, 2.45) is 0 Å². The molecule has 104 valence electrons. The van der Waals surface area contributed by atoms with Gasteiger partial charge in [0.25, 0.3) is 5.69 Å². The van der Waals surface area contributed by atoms with Gasteiger partial charge in [-0.05, 0) is 24.3 Å². The largest absolute Gasteiger partial charge is 0.467 e. The number of aromatic nitrogens is 4. The molecule has 0 aliphatic rings. The molecule has 9 nitrogen and oxygen atoms in total. The van der Waals surface area contributed by atoms with E-state index in [1.165, 1.54) is 31.4 Å². The summed E-state index contributed by atoms with van der Waals surface area (Å²) in [6.45, 7) is 1.58. The summed E-state index contributed by atoms with van der Waals surface area (Å²) >= 11 is 0. The minimum atomic E-state index is -0.695. The molecule has 2 rings (SSSR count). The Morgan fingerprint density at radius 1 is 1.40 bits per heavy atom. The van der Waals surface area contributed by atoms with Crippen LogP contribution in [-0.2, 0) is 9.53 Å². The number of non-ortho nitro benzene ring substituents is 1. The number of esters is 1. The monoisotopic (exact) mass is 277 g/mol. The van der Waals surface area contributed by atoms with Gasteiger partial charge in [-0.1, -0.05) is 0 Å². The number of tetrazole rings is 1. The van der Waals surface area contributed by atoms with Crippen LogP contribution in [0.1, 0.15) is 13.0 Å². The van der Waals surface area contributed by atoms with Crippen LogP contribution in [0.2, 0.25) is 0 Å². The van der Waals surface area contributed by atoms with Gasteiger partial charge in [0.15, 0.2) is 6.04 Å². The van der Waals surface area contributed by atoms with Crippen molar-refractivity contribution >= 4 is 11.7 Å². The number of benzene rings is 1. The molecular weight excluding hydrogens is 266 g/mol. The van der Waals surface area contributed by atoms with E-state index in [4.69, 9.17) is 0 Å². The van der Waals surface area contributed by atoms with E-state index in [0.29, 0.717) is 5.56 Å². The van der Waals surface area contributed by atoms with Crippen molar-refractivity contribution in [3.05, 3.63) is 34.4 Å². The molecule has 0 unspecified atom stereocenters. The van der Waals surface area contributed by atoms with Crippen molar-refractivity contribution in [3.8, 4) is 11.4 Å². The van der Waals surface area contributed by atoms with Crippen LogP contribution in [0, 0.1) is 10.1 Å². The van der Waals surface area contributed by atoms with Crippen molar-refractivity contribution in [2.75, 3.05) is 7.11 Å². The van der Waals surface area contributed by atoms with Gasteiger partial charge in [0, 0.05) is 17.7 Å². The summed E-state index contributed by atoms with van der Waals surface area (Å²) in [6.07, 6.45) is 0. The molecule has 2 aromatic rings. The maximum atomic E-state index is 11.4. The Bertz CT molecular complexity index is 637. The standard InChI is InChI=1S/C11H11N5O4/c1-7(11(17)20-2)15-13-10(12-14-15)8-3-5-9(6-4-8)16(18)19/h3-7H,1-2H3/t7-/m0/s1. The average Bonchev–Trinajstić information content (AvgIpc) is 2.95. The second kappa shape index (κ2) is 5.43. The van der Waals surface area contributed by atoms with Crippen LogP contribution in [0.15, 0.2) is 24.3 Å². The number of nitro groups is 1. The molecule has 9 heteroatoms. The fraction of sp³-hybridized carbons (Fsp3) is 0.273. The number of ether oxygens (including phenoxy) is 1. The molecule has 0 bridgehead atoms. The SMILES string of the molecule is COC(=O)[C@H](C)n1nnc(-c2ccc([N+](=O)[O-])cc2)n1. The number of carbonyl (C=O) groups is 1. The molecule has 0 N–H and O–H groups in total. The van der Waals surface area contributed by atoms with Crippen LogP contribution < -0.4 is 0 Å². The van der Waals surface area contributed by atoms with Gasteiger partial charge in [-0.15, -0.1) is 15.0 Å². The lowest BCUT2D eigenvalue weighted by molar-refractivity contribution is -0.384. The Kier molecular flexibility index (Phi) is 3.69. The molecule has 0 radical (unpaired) electrons. The Labute approximate surface area is 113 Å². The first kappa shape index (κ1) is 13.6. The number of carbonyl (C=O) groups excluding carboxylic acids is 1.